The quantitative estimate of drug-likeness (QED) is 0.513. The molecule has 0 saturated heterocycles. The largest absolute Gasteiger partial charge is 0.490 e. The first-order valence-corrected chi connectivity index (χ1v) is 11.8. The summed E-state index contributed by atoms with van der Waals surface area (Å²) in [5, 5.41) is 1.78. The number of hydrazine groups is 1. The second-order valence-electron chi connectivity index (χ2n) is 9.56. The molecule has 2 heterocycles. The van der Waals surface area contributed by atoms with Crippen LogP contribution in [0.15, 0.2) is 36.4 Å². The molecule has 196 valence electrons. The Labute approximate surface area is 208 Å². The van der Waals surface area contributed by atoms with E-state index >= 15 is 4.39 Å². The maximum absolute atomic E-state index is 15.0. The number of halogens is 4. The van der Waals surface area contributed by atoms with Crippen molar-refractivity contribution in [3.05, 3.63) is 53.3 Å². The van der Waals surface area contributed by atoms with Gasteiger partial charge in [-0.15, -0.1) is 0 Å². The second-order valence-corrected chi connectivity index (χ2v) is 9.56. The minimum Gasteiger partial charge on any atom is -0.490 e. The highest BCUT2D eigenvalue weighted by molar-refractivity contribution is 6.10. The Morgan fingerprint density at radius 1 is 1.25 bits per heavy atom. The highest BCUT2D eigenvalue weighted by Crippen LogP contribution is 2.51. The van der Waals surface area contributed by atoms with Gasteiger partial charge in [-0.1, -0.05) is 6.07 Å². The fourth-order valence-electron chi connectivity index (χ4n) is 5.45. The minimum absolute atomic E-state index is 0. The Balaban J connectivity index is 0.00000200. The van der Waals surface area contributed by atoms with E-state index in [1.807, 2.05) is 25.1 Å². The predicted octanol–water partition coefficient (Wildman–Crippen LogP) is 4.59. The molecule has 1 fully saturated rings. The van der Waals surface area contributed by atoms with E-state index in [9.17, 15) is 22.8 Å². The van der Waals surface area contributed by atoms with Crippen LogP contribution >= 0.6 is 0 Å². The van der Waals surface area contributed by atoms with Gasteiger partial charge in [0.05, 0.1) is 28.9 Å². The lowest BCUT2D eigenvalue weighted by Gasteiger charge is -2.36. The van der Waals surface area contributed by atoms with Crippen molar-refractivity contribution < 1.29 is 34.7 Å². The van der Waals surface area contributed by atoms with Gasteiger partial charge in [0.15, 0.2) is 0 Å². The molecule has 1 saturated carbocycles. The molecule has 3 aliphatic rings. The highest BCUT2D eigenvalue weighted by Gasteiger charge is 2.54. The Morgan fingerprint density at radius 2 is 2.00 bits per heavy atom. The van der Waals surface area contributed by atoms with Crippen molar-refractivity contribution in [2.24, 2.45) is 0 Å². The third-order valence-electron chi connectivity index (χ3n) is 7.21. The summed E-state index contributed by atoms with van der Waals surface area (Å²) in [5.74, 6) is -1.28. The fraction of sp³-hybridized carbons (Fsp3) is 0.440. The van der Waals surface area contributed by atoms with Crippen LogP contribution in [0.5, 0.6) is 5.75 Å². The van der Waals surface area contributed by atoms with Crippen LogP contribution in [0.3, 0.4) is 0 Å². The standard InChI is InChI=1S/C25H26F4N4O3.2H2/c1-14-17-11-16(5-6-19(17)32-31-14)36-15-7-9-24(10-8-15)22-18(26)3-2-4-20(22)33(23(24)35)12-21(34)30-13-25(27,28)29;;/h2-6,11,14-15,31-32H,7-10,12-13H2,1H3,(H,30,34);2*1H. The lowest BCUT2D eigenvalue weighted by molar-refractivity contribution is -0.138. The van der Waals surface area contributed by atoms with Crippen molar-refractivity contribution in [1.29, 1.82) is 0 Å². The number of fused-ring (bicyclic) bond motifs is 3. The van der Waals surface area contributed by atoms with E-state index in [0.29, 0.717) is 31.4 Å². The summed E-state index contributed by atoms with van der Waals surface area (Å²) in [6.07, 6.45) is -3.19. The van der Waals surface area contributed by atoms with Gasteiger partial charge < -0.3 is 20.4 Å². The van der Waals surface area contributed by atoms with Crippen LogP contribution in [0.25, 0.3) is 0 Å². The molecule has 3 N–H and O–H groups in total. The maximum Gasteiger partial charge on any atom is 0.405 e. The molecule has 1 unspecified atom stereocenters. The van der Waals surface area contributed by atoms with Gasteiger partial charge in [-0.3, -0.25) is 9.59 Å². The monoisotopic (exact) mass is 510 g/mol. The maximum atomic E-state index is 15.0. The van der Waals surface area contributed by atoms with Crippen molar-refractivity contribution in [3.63, 3.8) is 0 Å². The van der Waals surface area contributed by atoms with Crippen molar-refractivity contribution in [2.45, 2.75) is 56.3 Å². The van der Waals surface area contributed by atoms with Crippen LogP contribution < -0.4 is 25.8 Å². The molecule has 11 heteroatoms. The summed E-state index contributed by atoms with van der Waals surface area (Å²) in [6, 6.07) is 10.1. The molecule has 36 heavy (non-hydrogen) atoms. The number of carbonyl (C=O) groups excluding carboxylic acids is 2. The first-order chi connectivity index (χ1) is 17.1. The number of rotatable bonds is 5. The number of nitrogens with zero attached hydrogens (tertiary/aromatic N) is 1. The molecule has 2 aliphatic heterocycles. The number of alkyl halides is 3. The second kappa shape index (κ2) is 8.95. The molecule has 7 nitrogen and oxygen atoms in total. The molecular formula is C25H30F4N4O3. The SMILES string of the molecule is CC1NNc2ccc(OC3CCC4(CC3)C(=O)N(CC(=O)NCC(F)(F)F)c3cccc(F)c34)cc21.[HH].[HH]. The average molecular weight is 511 g/mol. The Kier molecular flexibility index (Phi) is 6.06. The van der Waals surface area contributed by atoms with Crippen molar-refractivity contribution >= 4 is 23.2 Å². The van der Waals surface area contributed by atoms with Crippen LogP contribution in [-0.4, -0.2) is 37.2 Å². The van der Waals surface area contributed by atoms with Crippen LogP contribution in [-0.2, 0) is 15.0 Å². The van der Waals surface area contributed by atoms with Gasteiger partial charge in [-0.25, -0.2) is 9.82 Å². The molecule has 2 amide bonds. The number of hydrogen-bond donors (Lipinski definition) is 3. The van der Waals surface area contributed by atoms with Crippen molar-refractivity contribution in [3.8, 4) is 5.75 Å². The van der Waals surface area contributed by atoms with Crippen LogP contribution in [0.4, 0.5) is 28.9 Å². The van der Waals surface area contributed by atoms with E-state index in [1.165, 1.54) is 18.2 Å². The topological polar surface area (TPSA) is 82.7 Å². The van der Waals surface area contributed by atoms with Gasteiger partial charge >= 0.3 is 6.18 Å². The molecule has 0 bridgehead atoms. The van der Waals surface area contributed by atoms with Crippen molar-refractivity contribution in [2.75, 3.05) is 23.4 Å². The Hall–Kier alpha value is -3.34. The molecule has 0 aromatic heterocycles. The van der Waals surface area contributed by atoms with Crippen LogP contribution in [0, 0.1) is 5.82 Å². The smallest absolute Gasteiger partial charge is 0.405 e. The summed E-state index contributed by atoms with van der Waals surface area (Å²) in [5.41, 5.74) is 7.57. The molecular weight excluding hydrogens is 480 g/mol. The lowest BCUT2D eigenvalue weighted by Crippen LogP contribution is -2.48. The lowest BCUT2D eigenvalue weighted by atomic mass is 9.69. The third kappa shape index (κ3) is 4.36. The number of hydrogen-bond acceptors (Lipinski definition) is 5. The summed E-state index contributed by atoms with van der Waals surface area (Å²) in [7, 11) is 0. The molecule has 2 aromatic rings. The molecule has 1 atom stereocenters. The van der Waals surface area contributed by atoms with E-state index in [0.717, 1.165) is 16.2 Å². The van der Waals surface area contributed by atoms with Gasteiger partial charge in [0.1, 0.15) is 24.7 Å². The van der Waals surface area contributed by atoms with Gasteiger partial charge in [-0.2, -0.15) is 13.2 Å². The molecule has 5 rings (SSSR count). The van der Waals surface area contributed by atoms with E-state index in [4.69, 9.17) is 4.74 Å². The van der Waals surface area contributed by atoms with E-state index < -0.39 is 42.3 Å². The van der Waals surface area contributed by atoms with Gasteiger partial charge in [0.25, 0.3) is 0 Å². The van der Waals surface area contributed by atoms with Gasteiger partial charge in [-0.05, 0) is 68.5 Å². The normalized spacial score (nSPS) is 24.9. The number of amides is 2. The minimum atomic E-state index is -4.57. The zero-order chi connectivity index (χ0) is 25.7. The van der Waals surface area contributed by atoms with Gasteiger partial charge in [0.2, 0.25) is 11.8 Å². The van der Waals surface area contributed by atoms with E-state index in [-0.39, 0.29) is 26.2 Å². The van der Waals surface area contributed by atoms with E-state index in [1.54, 1.807) is 5.32 Å². The van der Waals surface area contributed by atoms with Crippen molar-refractivity contribution in [1.82, 2.24) is 10.7 Å². The van der Waals surface area contributed by atoms with Gasteiger partial charge in [0, 0.05) is 8.42 Å². The Morgan fingerprint density at radius 3 is 2.72 bits per heavy atom. The van der Waals surface area contributed by atoms with Crippen LogP contribution in [0.1, 0.15) is 52.6 Å². The number of anilines is 2. The molecule has 1 spiro atoms. The predicted molar refractivity (Wildman–Crippen MR) is 128 cm³/mol. The fourth-order valence-corrected chi connectivity index (χ4v) is 5.45. The summed E-state index contributed by atoms with van der Waals surface area (Å²) >= 11 is 0. The molecule has 2 aromatic carbocycles. The first-order valence-electron chi connectivity index (χ1n) is 11.8. The Bertz CT molecular complexity index is 1210. The summed E-state index contributed by atoms with van der Waals surface area (Å²) < 4.78 is 58.7. The summed E-state index contributed by atoms with van der Waals surface area (Å²) in [4.78, 5) is 26.9. The van der Waals surface area contributed by atoms with Crippen LogP contribution in [0.2, 0.25) is 0 Å². The first kappa shape index (κ1) is 24.4. The number of ether oxygens (including phenoxy) is 1. The zero-order valence-electron chi connectivity index (χ0n) is 19.5. The highest BCUT2D eigenvalue weighted by atomic mass is 19.4. The van der Waals surface area contributed by atoms with E-state index in [2.05, 4.69) is 10.9 Å². The third-order valence-corrected chi connectivity index (χ3v) is 7.21. The molecule has 0 radical (unpaired) electrons. The summed E-state index contributed by atoms with van der Waals surface area (Å²) in [6.45, 7) is -0.0795. The molecule has 1 aliphatic carbocycles. The number of carbonyl (C=O) groups is 2. The average Bonchev–Trinajstić information content (AvgIpc) is 3.31. The number of benzene rings is 2. The zero-order valence-corrected chi connectivity index (χ0v) is 19.5. The number of nitrogens with one attached hydrogen (secondary N) is 3.